The molecule has 0 aromatic rings. The number of carboxylic acids is 1. The molecule has 2 unspecified atom stereocenters. The number of unbranched alkanes of at least 4 members (excludes halogenated alkanes) is 4. The van der Waals surface area contributed by atoms with Gasteiger partial charge in [0.2, 0.25) is 5.79 Å². The Hall–Kier alpha value is -0.770. The maximum atomic E-state index is 11.5. The molecule has 1 aliphatic heterocycles. The van der Waals surface area contributed by atoms with Crippen molar-refractivity contribution in [3.63, 3.8) is 0 Å². The molecule has 0 aliphatic carbocycles. The average molecular weight is 336 g/mol. The molecule has 0 spiro atoms. The summed E-state index contributed by atoms with van der Waals surface area (Å²) in [6.45, 7) is 1.33. The molecule has 136 valence electrons. The second-order valence-electron chi connectivity index (χ2n) is 6.11. The van der Waals surface area contributed by atoms with Gasteiger partial charge >= 0.3 is 5.97 Å². The number of aliphatic carboxylic acids is 1. The Bertz CT molecular complexity index is 374. The van der Waals surface area contributed by atoms with E-state index in [1.807, 2.05) is 0 Å². The van der Waals surface area contributed by atoms with Crippen LogP contribution < -0.4 is 0 Å². The highest BCUT2D eigenvalue weighted by molar-refractivity contribution is 5.71. The molecule has 1 heterocycles. The largest absolute Gasteiger partial charge is 0.481 e. The van der Waals surface area contributed by atoms with Crippen molar-refractivity contribution >= 4 is 5.97 Å². The SMILES string of the molecule is CCCCCCCC(C(=O)O)C1(O)O[C@H](CO)[C@@H](O)[C@H](O)[C@H]1O. The third-order valence-electron chi connectivity index (χ3n) is 4.39. The molecule has 8 heteroatoms. The minimum absolute atomic E-state index is 0.0492. The first-order chi connectivity index (χ1) is 10.8. The standard InChI is InChI=1S/C15H28O8/c1-2-3-4-5-6-7-9(14(20)21)15(22)13(19)12(18)11(17)10(8-16)23-15/h9-13,16-19,22H,2-8H2,1H3,(H,20,21)/t9?,10-,11-,12+,13-,15?/m1/s1. The molecule has 1 fully saturated rings. The van der Waals surface area contributed by atoms with Crippen molar-refractivity contribution in [1.82, 2.24) is 0 Å². The third-order valence-corrected chi connectivity index (χ3v) is 4.39. The summed E-state index contributed by atoms with van der Waals surface area (Å²) in [5.74, 6) is -5.42. The van der Waals surface area contributed by atoms with Crippen molar-refractivity contribution in [3.8, 4) is 0 Å². The smallest absolute Gasteiger partial charge is 0.312 e. The molecule has 0 aromatic heterocycles. The van der Waals surface area contributed by atoms with Crippen molar-refractivity contribution in [3.05, 3.63) is 0 Å². The molecule has 6 atom stereocenters. The molecule has 8 nitrogen and oxygen atoms in total. The number of aliphatic hydroxyl groups excluding tert-OH is 4. The zero-order valence-electron chi connectivity index (χ0n) is 13.3. The molecule has 0 bridgehead atoms. The van der Waals surface area contributed by atoms with Gasteiger partial charge in [-0.2, -0.15) is 0 Å². The fourth-order valence-corrected chi connectivity index (χ4v) is 2.93. The van der Waals surface area contributed by atoms with Crippen molar-refractivity contribution < 1.29 is 40.2 Å². The van der Waals surface area contributed by atoms with E-state index in [1.165, 1.54) is 0 Å². The van der Waals surface area contributed by atoms with Crippen LogP contribution in [0.5, 0.6) is 0 Å². The molecule has 0 radical (unpaired) electrons. The van der Waals surface area contributed by atoms with Gasteiger partial charge in [0.25, 0.3) is 0 Å². The van der Waals surface area contributed by atoms with Crippen LogP contribution in [0.25, 0.3) is 0 Å². The summed E-state index contributed by atoms with van der Waals surface area (Å²) in [5, 5.41) is 58.5. The molecule has 1 saturated heterocycles. The quantitative estimate of drug-likeness (QED) is 0.300. The van der Waals surface area contributed by atoms with Gasteiger partial charge in [0, 0.05) is 0 Å². The van der Waals surface area contributed by atoms with Crippen LogP contribution in [0, 0.1) is 5.92 Å². The second kappa shape index (κ2) is 8.91. The van der Waals surface area contributed by atoms with Crippen LogP contribution in [0.1, 0.15) is 45.4 Å². The van der Waals surface area contributed by atoms with E-state index in [0.717, 1.165) is 25.7 Å². The van der Waals surface area contributed by atoms with Crippen LogP contribution in [0.3, 0.4) is 0 Å². The van der Waals surface area contributed by atoms with Gasteiger partial charge < -0.3 is 35.4 Å². The summed E-state index contributed by atoms with van der Waals surface area (Å²) in [5.41, 5.74) is 0. The Morgan fingerprint density at radius 3 is 2.26 bits per heavy atom. The number of rotatable bonds is 9. The number of hydrogen-bond donors (Lipinski definition) is 6. The lowest BCUT2D eigenvalue weighted by Gasteiger charge is -2.47. The van der Waals surface area contributed by atoms with Crippen molar-refractivity contribution in [2.45, 2.75) is 75.7 Å². The summed E-state index contributed by atoms with van der Waals surface area (Å²) >= 11 is 0. The Morgan fingerprint density at radius 2 is 1.74 bits per heavy atom. The van der Waals surface area contributed by atoms with Crippen LogP contribution in [-0.2, 0) is 9.53 Å². The monoisotopic (exact) mass is 336 g/mol. The van der Waals surface area contributed by atoms with E-state index in [0.29, 0.717) is 6.42 Å². The van der Waals surface area contributed by atoms with Gasteiger partial charge in [0.15, 0.2) is 0 Å². The van der Waals surface area contributed by atoms with Gasteiger partial charge in [-0.3, -0.25) is 4.79 Å². The van der Waals surface area contributed by atoms with E-state index in [2.05, 4.69) is 6.92 Å². The minimum Gasteiger partial charge on any atom is -0.481 e. The normalized spacial score (nSPS) is 35.9. The van der Waals surface area contributed by atoms with E-state index in [9.17, 15) is 30.3 Å². The molecular formula is C15H28O8. The summed E-state index contributed by atoms with van der Waals surface area (Å²) in [6.07, 6.45) is -2.45. The zero-order chi connectivity index (χ0) is 17.6. The number of carboxylic acid groups (broad SMARTS) is 1. The maximum absolute atomic E-state index is 11.5. The molecule has 0 saturated carbocycles. The van der Waals surface area contributed by atoms with Gasteiger partial charge in [-0.15, -0.1) is 0 Å². The predicted molar refractivity (Wildman–Crippen MR) is 79.4 cm³/mol. The Labute approximate surface area is 135 Å². The number of aliphatic hydroxyl groups is 5. The topological polar surface area (TPSA) is 148 Å². The van der Waals surface area contributed by atoms with E-state index in [1.54, 1.807) is 0 Å². The third kappa shape index (κ3) is 4.62. The molecular weight excluding hydrogens is 308 g/mol. The summed E-state index contributed by atoms with van der Waals surface area (Å²) in [7, 11) is 0. The average Bonchev–Trinajstić information content (AvgIpc) is 2.52. The molecule has 1 aliphatic rings. The summed E-state index contributed by atoms with van der Waals surface area (Å²) in [6, 6.07) is 0. The van der Waals surface area contributed by atoms with E-state index in [-0.39, 0.29) is 6.42 Å². The van der Waals surface area contributed by atoms with Crippen molar-refractivity contribution in [2.75, 3.05) is 6.61 Å². The highest BCUT2D eigenvalue weighted by Gasteiger charge is 2.58. The maximum Gasteiger partial charge on any atom is 0.312 e. The Kier molecular flexibility index (Phi) is 7.85. The Balaban J connectivity index is 2.83. The van der Waals surface area contributed by atoms with Crippen LogP contribution in [0.4, 0.5) is 0 Å². The molecule has 0 amide bonds. The first-order valence-corrected chi connectivity index (χ1v) is 8.07. The number of hydrogen-bond acceptors (Lipinski definition) is 7. The zero-order valence-corrected chi connectivity index (χ0v) is 13.3. The van der Waals surface area contributed by atoms with Gasteiger partial charge in [0.05, 0.1) is 6.61 Å². The summed E-state index contributed by atoms with van der Waals surface area (Å²) in [4.78, 5) is 11.5. The number of carbonyl (C=O) groups is 1. The lowest BCUT2D eigenvalue weighted by Crippen LogP contribution is -2.68. The fourth-order valence-electron chi connectivity index (χ4n) is 2.93. The van der Waals surface area contributed by atoms with Gasteiger partial charge in [-0.05, 0) is 6.42 Å². The molecule has 23 heavy (non-hydrogen) atoms. The summed E-state index contributed by atoms with van der Waals surface area (Å²) < 4.78 is 5.08. The lowest BCUT2D eigenvalue weighted by molar-refractivity contribution is -0.365. The van der Waals surface area contributed by atoms with Gasteiger partial charge in [-0.1, -0.05) is 39.0 Å². The number of ether oxygens (including phenoxy) is 1. The predicted octanol–water partition coefficient (Wildman–Crippen LogP) is -0.790. The highest BCUT2D eigenvalue weighted by atomic mass is 16.7. The van der Waals surface area contributed by atoms with E-state index >= 15 is 0 Å². The Morgan fingerprint density at radius 1 is 1.13 bits per heavy atom. The van der Waals surface area contributed by atoms with Gasteiger partial charge in [-0.25, -0.2) is 0 Å². The highest BCUT2D eigenvalue weighted by Crippen LogP contribution is 2.36. The van der Waals surface area contributed by atoms with Crippen LogP contribution >= 0.6 is 0 Å². The first-order valence-electron chi connectivity index (χ1n) is 8.07. The lowest BCUT2D eigenvalue weighted by atomic mass is 9.82. The fraction of sp³-hybridized carbons (Fsp3) is 0.933. The second-order valence-corrected chi connectivity index (χ2v) is 6.11. The first kappa shape index (κ1) is 20.3. The van der Waals surface area contributed by atoms with Crippen LogP contribution in [0.2, 0.25) is 0 Å². The van der Waals surface area contributed by atoms with Crippen molar-refractivity contribution in [2.24, 2.45) is 5.92 Å². The van der Waals surface area contributed by atoms with E-state index < -0.39 is 48.7 Å². The molecule has 6 N–H and O–H groups in total. The van der Waals surface area contributed by atoms with E-state index in [4.69, 9.17) is 9.84 Å². The van der Waals surface area contributed by atoms with Crippen LogP contribution in [-0.4, -0.2) is 73.4 Å². The van der Waals surface area contributed by atoms with Crippen LogP contribution in [0.15, 0.2) is 0 Å². The molecule has 1 rings (SSSR count). The molecule has 0 aromatic carbocycles. The van der Waals surface area contributed by atoms with Gasteiger partial charge in [0.1, 0.15) is 30.3 Å². The minimum atomic E-state index is -2.57. The van der Waals surface area contributed by atoms with Crippen molar-refractivity contribution in [1.29, 1.82) is 0 Å².